The van der Waals surface area contributed by atoms with Crippen molar-refractivity contribution in [2.75, 3.05) is 31.8 Å². The lowest BCUT2D eigenvalue weighted by atomic mass is 10.3. The van der Waals surface area contributed by atoms with Gasteiger partial charge in [-0.1, -0.05) is 18.2 Å². The molecule has 128 valence electrons. The molecule has 0 aliphatic heterocycles. The first-order chi connectivity index (χ1) is 11.7. The average molecular weight is 364 g/mol. The van der Waals surface area contributed by atoms with E-state index in [4.69, 9.17) is 21.7 Å². The number of thioether (sulfide) groups is 1. The van der Waals surface area contributed by atoms with Gasteiger partial charge in [-0.15, -0.1) is 0 Å². The third-order valence-electron chi connectivity index (χ3n) is 2.94. The van der Waals surface area contributed by atoms with Crippen molar-refractivity contribution in [3.63, 3.8) is 0 Å². The summed E-state index contributed by atoms with van der Waals surface area (Å²) in [5.41, 5.74) is 0.972. The molecule has 24 heavy (non-hydrogen) atoms. The monoisotopic (exact) mass is 364 g/mol. The molecule has 0 spiro atoms. The maximum Gasteiger partial charge on any atom is 0.220 e. The number of aromatic nitrogens is 2. The van der Waals surface area contributed by atoms with Crippen LogP contribution in [-0.4, -0.2) is 41.6 Å². The van der Waals surface area contributed by atoms with Crippen molar-refractivity contribution in [3.05, 3.63) is 42.2 Å². The zero-order valence-electron chi connectivity index (χ0n) is 13.6. The first-order valence-corrected chi connectivity index (χ1v) is 8.91. The number of thiocarbonyl (C=S) groups is 1. The van der Waals surface area contributed by atoms with Crippen molar-refractivity contribution in [3.8, 4) is 11.8 Å². The molecule has 6 nitrogen and oxygen atoms in total. The Bertz CT molecular complexity index is 634. The van der Waals surface area contributed by atoms with Crippen LogP contribution in [0.1, 0.15) is 5.82 Å². The fraction of sp³-hybridized carbons (Fsp3) is 0.312. The van der Waals surface area contributed by atoms with E-state index < -0.39 is 0 Å². The van der Waals surface area contributed by atoms with Crippen LogP contribution in [0.4, 0.5) is 5.69 Å². The molecule has 0 atom stereocenters. The number of rotatable bonds is 8. The molecule has 2 aromatic rings. The molecule has 0 unspecified atom stereocenters. The third-order valence-corrected chi connectivity index (χ3v) is 4.14. The molecule has 0 aliphatic rings. The Hall–Kier alpha value is -2.06. The van der Waals surface area contributed by atoms with Crippen LogP contribution in [0.2, 0.25) is 0 Å². The van der Waals surface area contributed by atoms with Crippen molar-refractivity contribution in [2.24, 2.45) is 0 Å². The number of hydrogen-bond donors (Lipinski definition) is 2. The number of nitrogens with zero attached hydrogens (tertiary/aromatic N) is 2. The van der Waals surface area contributed by atoms with Crippen LogP contribution >= 0.6 is 24.0 Å². The van der Waals surface area contributed by atoms with Crippen molar-refractivity contribution >= 4 is 34.8 Å². The SMILES string of the molecule is COc1cc(OC)nc(CSCCNC(=S)Nc2ccccc2)n1. The van der Waals surface area contributed by atoms with Gasteiger partial charge in [-0.2, -0.15) is 21.7 Å². The fourth-order valence-corrected chi connectivity index (χ4v) is 2.74. The van der Waals surface area contributed by atoms with Gasteiger partial charge in [0.1, 0.15) is 5.82 Å². The Kier molecular flexibility index (Phi) is 7.57. The highest BCUT2D eigenvalue weighted by Crippen LogP contribution is 2.17. The van der Waals surface area contributed by atoms with Gasteiger partial charge in [0.05, 0.1) is 26.0 Å². The number of methoxy groups -OCH3 is 2. The van der Waals surface area contributed by atoms with Crippen molar-refractivity contribution in [1.82, 2.24) is 15.3 Å². The van der Waals surface area contributed by atoms with Gasteiger partial charge in [0.25, 0.3) is 0 Å². The minimum atomic E-state index is 0.504. The summed E-state index contributed by atoms with van der Waals surface area (Å²) in [5.74, 6) is 3.24. The van der Waals surface area contributed by atoms with Crippen LogP contribution < -0.4 is 20.1 Å². The summed E-state index contributed by atoms with van der Waals surface area (Å²) in [6.45, 7) is 0.754. The maximum absolute atomic E-state index is 5.26. The predicted octanol–water partition coefficient (Wildman–Crippen LogP) is 2.71. The predicted molar refractivity (Wildman–Crippen MR) is 102 cm³/mol. The first-order valence-electron chi connectivity index (χ1n) is 7.35. The summed E-state index contributed by atoms with van der Waals surface area (Å²) in [6.07, 6.45) is 0. The second-order valence-corrected chi connectivity index (χ2v) is 6.18. The normalized spacial score (nSPS) is 10.1. The quantitative estimate of drug-likeness (QED) is 0.547. The zero-order valence-corrected chi connectivity index (χ0v) is 15.2. The van der Waals surface area contributed by atoms with Gasteiger partial charge in [0.2, 0.25) is 11.8 Å². The minimum Gasteiger partial charge on any atom is -0.481 e. The molecule has 0 fully saturated rings. The van der Waals surface area contributed by atoms with Crippen LogP contribution in [0.25, 0.3) is 0 Å². The van der Waals surface area contributed by atoms with Crippen LogP contribution in [0.5, 0.6) is 11.8 Å². The van der Waals surface area contributed by atoms with Crippen molar-refractivity contribution < 1.29 is 9.47 Å². The molecule has 1 heterocycles. The largest absolute Gasteiger partial charge is 0.481 e. The molecule has 2 N–H and O–H groups in total. The lowest BCUT2D eigenvalue weighted by Gasteiger charge is -2.10. The summed E-state index contributed by atoms with van der Waals surface area (Å²) in [4.78, 5) is 8.59. The maximum atomic E-state index is 5.26. The van der Waals surface area contributed by atoms with Crippen molar-refractivity contribution in [1.29, 1.82) is 0 Å². The summed E-state index contributed by atoms with van der Waals surface area (Å²) < 4.78 is 10.3. The van der Waals surface area contributed by atoms with Crippen LogP contribution in [0.15, 0.2) is 36.4 Å². The fourth-order valence-electron chi connectivity index (χ4n) is 1.82. The molecule has 1 aromatic heterocycles. The number of benzene rings is 1. The molecule has 0 saturated carbocycles. The topological polar surface area (TPSA) is 68.3 Å². The smallest absolute Gasteiger partial charge is 0.220 e. The lowest BCUT2D eigenvalue weighted by molar-refractivity contribution is 0.369. The van der Waals surface area contributed by atoms with Gasteiger partial charge < -0.3 is 20.1 Å². The number of anilines is 1. The average Bonchev–Trinajstić information content (AvgIpc) is 2.62. The summed E-state index contributed by atoms with van der Waals surface area (Å²) in [5, 5.41) is 6.92. The summed E-state index contributed by atoms with van der Waals surface area (Å²) in [6, 6.07) is 11.5. The molecule has 0 bridgehead atoms. The number of nitrogens with one attached hydrogen (secondary N) is 2. The molecule has 1 aromatic carbocycles. The highest BCUT2D eigenvalue weighted by Gasteiger charge is 2.05. The highest BCUT2D eigenvalue weighted by atomic mass is 32.2. The van der Waals surface area contributed by atoms with Gasteiger partial charge in [0, 0.05) is 18.0 Å². The highest BCUT2D eigenvalue weighted by molar-refractivity contribution is 7.98. The molecule has 0 saturated heterocycles. The Morgan fingerprint density at radius 1 is 1.12 bits per heavy atom. The van der Waals surface area contributed by atoms with Crippen LogP contribution in [-0.2, 0) is 5.75 Å². The van der Waals surface area contributed by atoms with Gasteiger partial charge in [-0.05, 0) is 24.4 Å². The van der Waals surface area contributed by atoms with E-state index in [2.05, 4.69) is 20.6 Å². The standard InChI is InChI=1S/C16H20N4O2S2/c1-21-14-10-15(22-2)20-13(19-14)11-24-9-8-17-16(23)18-12-6-4-3-5-7-12/h3-7,10H,8-9,11H2,1-2H3,(H2,17,18,23). The third kappa shape index (κ3) is 6.21. The molecule has 2 rings (SSSR count). The lowest BCUT2D eigenvalue weighted by Crippen LogP contribution is -2.30. The van der Waals surface area contributed by atoms with Gasteiger partial charge in [-0.25, -0.2) is 0 Å². The van der Waals surface area contributed by atoms with Gasteiger partial charge in [0.15, 0.2) is 5.11 Å². The Balaban J connectivity index is 1.68. The summed E-state index contributed by atoms with van der Waals surface area (Å²) >= 11 is 6.96. The second-order valence-electron chi connectivity index (χ2n) is 4.67. The Morgan fingerprint density at radius 2 is 1.79 bits per heavy atom. The van der Waals surface area contributed by atoms with E-state index >= 15 is 0 Å². The number of hydrogen-bond acceptors (Lipinski definition) is 6. The molecule has 0 aliphatic carbocycles. The second kappa shape index (κ2) is 9.94. The van der Waals surface area contributed by atoms with Crippen LogP contribution in [0.3, 0.4) is 0 Å². The van der Waals surface area contributed by atoms with Crippen molar-refractivity contribution in [2.45, 2.75) is 5.75 Å². The molecular weight excluding hydrogens is 344 g/mol. The number of para-hydroxylation sites is 1. The minimum absolute atomic E-state index is 0.504. The van der Waals surface area contributed by atoms with Gasteiger partial charge in [-0.3, -0.25) is 0 Å². The van der Waals surface area contributed by atoms with Gasteiger partial charge >= 0.3 is 0 Å². The molecule has 0 amide bonds. The summed E-state index contributed by atoms with van der Waals surface area (Å²) in [7, 11) is 3.15. The molecule has 8 heteroatoms. The first kappa shape index (κ1) is 18.3. The Morgan fingerprint density at radius 3 is 2.42 bits per heavy atom. The molecular formula is C16H20N4O2S2. The van der Waals surface area contributed by atoms with E-state index in [-0.39, 0.29) is 0 Å². The van der Waals surface area contributed by atoms with E-state index in [1.54, 1.807) is 32.0 Å². The molecule has 0 radical (unpaired) electrons. The van der Waals surface area contributed by atoms with E-state index in [0.29, 0.717) is 28.4 Å². The van der Waals surface area contributed by atoms with E-state index in [0.717, 1.165) is 18.0 Å². The Labute approximate surface area is 151 Å². The van der Waals surface area contributed by atoms with E-state index in [9.17, 15) is 0 Å². The van der Waals surface area contributed by atoms with E-state index in [1.165, 1.54) is 0 Å². The number of ether oxygens (including phenoxy) is 2. The zero-order chi connectivity index (χ0) is 17.2. The van der Waals surface area contributed by atoms with Crippen LogP contribution in [0, 0.1) is 0 Å². The van der Waals surface area contributed by atoms with E-state index in [1.807, 2.05) is 30.3 Å².